The number of nitrogens with zero attached hydrogens (tertiary/aromatic N) is 2. The van der Waals surface area contributed by atoms with E-state index in [-0.39, 0.29) is 11.2 Å². The molecule has 2 atom stereocenters. The molecule has 26 heavy (non-hydrogen) atoms. The topological polar surface area (TPSA) is 50.3 Å². The highest BCUT2D eigenvalue weighted by Crippen LogP contribution is 2.49. The number of hydrogen-bond donors (Lipinski definition) is 0. The summed E-state index contributed by atoms with van der Waals surface area (Å²) in [5.41, 5.74) is 0.258. The number of hydrogen-bond acceptors (Lipinski definition) is 3. The molecule has 7 heteroatoms. The highest BCUT2D eigenvalue weighted by Gasteiger charge is 2.55. The van der Waals surface area contributed by atoms with E-state index in [0.717, 1.165) is 18.5 Å². The Labute approximate surface area is 165 Å². The van der Waals surface area contributed by atoms with Gasteiger partial charge in [0.15, 0.2) is 0 Å². The first-order chi connectivity index (χ1) is 12.5. The lowest BCUT2D eigenvalue weighted by atomic mass is 10.00. The molecule has 1 aromatic heterocycles. The predicted octanol–water partition coefficient (Wildman–Crippen LogP) is 3.83. The average molecular weight is 409 g/mol. The molecule has 0 N–H and O–H groups in total. The molecule has 0 spiro atoms. The SMILES string of the molecule is O=C(N1CCC(S(=O)c2ccccc2Cl)C1)C1(c2ccc(Cl)cn2)CC1. The summed E-state index contributed by atoms with van der Waals surface area (Å²) in [6, 6.07) is 10.8. The van der Waals surface area contributed by atoms with Crippen LogP contribution in [0, 0.1) is 0 Å². The van der Waals surface area contributed by atoms with Gasteiger partial charge in [-0.2, -0.15) is 0 Å². The van der Waals surface area contributed by atoms with Crippen LogP contribution >= 0.6 is 23.2 Å². The first-order valence-electron chi connectivity index (χ1n) is 8.58. The van der Waals surface area contributed by atoms with E-state index in [1.165, 1.54) is 0 Å². The molecule has 1 saturated carbocycles. The molecule has 4 rings (SSSR count). The molecule has 4 nitrogen and oxygen atoms in total. The van der Waals surface area contributed by atoms with Crippen LogP contribution in [0.4, 0.5) is 0 Å². The second-order valence-corrected chi connectivity index (χ2v) is 9.38. The Morgan fingerprint density at radius 2 is 1.96 bits per heavy atom. The van der Waals surface area contributed by atoms with E-state index in [1.807, 2.05) is 23.1 Å². The number of rotatable bonds is 4. The van der Waals surface area contributed by atoms with Crippen molar-refractivity contribution in [1.82, 2.24) is 9.88 Å². The van der Waals surface area contributed by atoms with Crippen LogP contribution in [0.25, 0.3) is 0 Å². The molecule has 2 heterocycles. The molecular weight excluding hydrogens is 391 g/mol. The van der Waals surface area contributed by atoms with Gasteiger partial charge in [0.05, 0.1) is 42.1 Å². The molecule has 1 aliphatic carbocycles. The molecular formula is C19H18Cl2N2O2S. The van der Waals surface area contributed by atoms with Crippen molar-refractivity contribution in [1.29, 1.82) is 0 Å². The highest BCUT2D eigenvalue weighted by atomic mass is 35.5. The smallest absolute Gasteiger partial charge is 0.234 e. The van der Waals surface area contributed by atoms with Gasteiger partial charge in [0.25, 0.3) is 0 Å². The summed E-state index contributed by atoms with van der Waals surface area (Å²) in [5.74, 6) is 0.0889. The zero-order valence-corrected chi connectivity index (χ0v) is 16.4. The summed E-state index contributed by atoms with van der Waals surface area (Å²) in [5, 5.41) is 0.987. The number of amides is 1. The third-order valence-corrected chi connectivity index (χ3v) is 7.61. The van der Waals surface area contributed by atoms with Crippen LogP contribution in [0.1, 0.15) is 25.0 Å². The van der Waals surface area contributed by atoms with Gasteiger partial charge in [-0.25, -0.2) is 0 Å². The fraction of sp³-hybridized carbons (Fsp3) is 0.368. The van der Waals surface area contributed by atoms with E-state index in [0.29, 0.717) is 34.5 Å². The zero-order chi connectivity index (χ0) is 18.3. The fourth-order valence-electron chi connectivity index (χ4n) is 3.54. The van der Waals surface area contributed by atoms with Crippen molar-refractivity contribution in [2.24, 2.45) is 0 Å². The normalized spacial score (nSPS) is 22.2. The van der Waals surface area contributed by atoms with Crippen molar-refractivity contribution in [2.75, 3.05) is 13.1 Å². The van der Waals surface area contributed by atoms with E-state index < -0.39 is 16.2 Å². The van der Waals surface area contributed by atoms with Crippen molar-refractivity contribution in [3.05, 3.63) is 58.3 Å². The van der Waals surface area contributed by atoms with Crippen molar-refractivity contribution in [3.8, 4) is 0 Å². The van der Waals surface area contributed by atoms with E-state index in [2.05, 4.69) is 4.98 Å². The number of carbonyl (C=O) groups is 1. The first-order valence-corrected chi connectivity index (χ1v) is 10.5. The quantitative estimate of drug-likeness (QED) is 0.771. The summed E-state index contributed by atoms with van der Waals surface area (Å²) in [4.78, 5) is 20.0. The van der Waals surface area contributed by atoms with Gasteiger partial charge in [0, 0.05) is 19.3 Å². The average Bonchev–Trinajstić information content (AvgIpc) is 3.31. The maximum atomic E-state index is 13.1. The van der Waals surface area contributed by atoms with E-state index in [9.17, 15) is 9.00 Å². The van der Waals surface area contributed by atoms with Crippen LogP contribution in [0.3, 0.4) is 0 Å². The predicted molar refractivity (Wildman–Crippen MR) is 103 cm³/mol. The Kier molecular flexibility index (Phi) is 4.80. The highest BCUT2D eigenvalue weighted by molar-refractivity contribution is 7.85. The van der Waals surface area contributed by atoms with Gasteiger partial charge >= 0.3 is 0 Å². The van der Waals surface area contributed by atoms with Crippen molar-refractivity contribution in [3.63, 3.8) is 0 Å². The summed E-state index contributed by atoms with van der Waals surface area (Å²) >= 11 is 12.1. The van der Waals surface area contributed by atoms with Gasteiger partial charge in [0.2, 0.25) is 5.91 Å². The molecule has 1 aliphatic heterocycles. The Morgan fingerprint density at radius 1 is 1.19 bits per heavy atom. The van der Waals surface area contributed by atoms with Gasteiger partial charge < -0.3 is 4.90 Å². The van der Waals surface area contributed by atoms with Gasteiger partial charge in [-0.1, -0.05) is 35.3 Å². The number of carbonyl (C=O) groups excluding carboxylic acids is 1. The molecule has 1 amide bonds. The third kappa shape index (κ3) is 3.17. The lowest BCUT2D eigenvalue weighted by Crippen LogP contribution is -2.39. The van der Waals surface area contributed by atoms with Crippen LogP contribution < -0.4 is 0 Å². The number of benzene rings is 1. The maximum absolute atomic E-state index is 13.1. The fourth-order valence-corrected chi connectivity index (χ4v) is 5.48. The molecule has 2 unspecified atom stereocenters. The molecule has 136 valence electrons. The Bertz CT molecular complexity index is 868. The molecule has 0 radical (unpaired) electrons. The van der Waals surface area contributed by atoms with E-state index in [4.69, 9.17) is 23.2 Å². The van der Waals surface area contributed by atoms with Crippen LogP contribution in [-0.2, 0) is 21.0 Å². The second-order valence-electron chi connectivity index (χ2n) is 6.83. The lowest BCUT2D eigenvalue weighted by Gasteiger charge is -2.23. The van der Waals surface area contributed by atoms with Gasteiger partial charge in [0.1, 0.15) is 0 Å². The number of likely N-dealkylation sites (tertiary alicyclic amines) is 1. The zero-order valence-electron chi connectivity index (χ0n) is 14.0. The minimum Gasteiger partial charge on any atom is -0.341 e. The number of aromatic nitrogens is 1. The third-order valence-electron chi connectivity index (χ3n) is 5.17. The Hall–Kier alpha value is -1.43. The molecule has 2 aliphatic rings. The number of pyridine rings is 1. The summed E-state index contributed by atoms with van der Waals surface area (Å²) < 4.78 is 12.9. The summed E-state index contributed by atoms with van der Waals surface area (Å²) in [6.07, 6.45) is 3.90. The van der Waals surface area contributed by atoms with E-state index >= 15 is 0 Å². The van der Waals surface area contributed by atoms with Gasteiger partial charge in [-0.05, 0) is 43.5 Å². The van der Waals surface area contributed by atoms with Crippen LogP contribution in [0.2, 0.25) is 10.0 Å². The molecule has 1 aromatic carbocycles. The molecule has 0 bridgehead atoms. The summed E-state index contributed by atoms with van der Waals surface area (Å²) in [7, 11) is -1.22. The Morgan fingerprint density at radius 3 is 2.62 bits per heavy atom. The van der Waals surface area contributed by atoms with E-state index in [1.54, 1.807) is 24.4 Å². The van der Waals surface area contributed by atoms with Gasteiger partial charge in [-0.3, -0.25) is 14.0 Å². The summed E-state index contributed by atoms with van der Waals surface area (Å²) in [6.45, 7) is 1.11. The molecule has 1 saturated heterocycles. The molecule has 2 fully saturated rings. The lowest BCUT2D eigenvalue weighted by molar-refractivity contribution is -0.132. The van der Waals surface area contributed by atoms with Crippen LogP contribution in [0.5, 0.6) is 0 Å². The maximum Gasteiger partial charge on any atom is 0.234 e. The van der Waals surface area contributed by atoms with Crippen molar-refractivity contribution >= 4 is 39.9 Å². The molecule has 2 aromatic rings. The first kappa shape index (κ1) is 18.0. The largest absolute Gasteiger partial charge is 0.341 e. The van der Waals surface area contributed by atoms with Crippen LogP contribution in [0.15, 0.2) is 47.5 Å². The van der Waals surface area contributed by atoms with Crippen LogP contribution in [-0.4, -0.2) is 38.3 Å². The van der Waals surface area contributed by atoms with Crippen molar-refractivity contribution < 1.29 is 9.00 Å². The second kappa shape index (κ2) is 6.95. The standard InChI is InChI=1S/C19H18Cl2N2O2S/c20-13-5-6-17(22-11-13)19(8-9-19)18(24)23-10-7-14(12-23)26(25)16-4-2-1-3-15(16)21/h1-6,11,14H,7-10,12H2. The minimum absolute atomic E-state index is 0.0889. The number of halogens is 2. The minimum atomic E-state index is -1.22. The Balaban J connectivity index is 1.49. The monoisotopic (exact) mass is 408 g/mol. The van der Waals surface area contributed by atoms with Gasteiger partial charge in [-0.15, -0.1) is 0 Å². The van der Waals surface area contributed by atoms with Crippen molar-refractivity contribution in [2.45, 2.75) is 34.8 Å².